The fraction of sp³-hybridized carbons (Fsp3) is 0.500. The lowest BCUT2D eigenvalue weighted by atomic mass is 9.97. The number of aliphatic hydroxyl groups is 1. The largest absolute Gasteiger partial charge is 0.465 e. The number of hydrogen-bond donors (Lipinski definition) is 3. The average molecular weight is 271 g/mol. The highest BCUT2D eigenvalue weighted by atomic mass is 32.1. The van der Waals surface area contributed by atoms with Crippen LogP contribution < -0.4 is 5.32 Å². The van der Waals surface area contributed by atoms with E-state index < -0.39 is 23.6 Å². The number of nitrogens with zero attached hydrogens (tertiary/aromatic N) is 2. The molecule has 0 spiro atoms. The van der Waals surface area contributed by atoms with Crippen LogP contribution in [0.15, 0.2) is 11.6 Å². The van der Waals surface area contributed by atoms with E-state index in [0.717, 1.165) is 4.90 Å². The molecule has 0 aliphatic carbocycles. The summed E-state index contributed by atoms with van der Waals surface area (Å²) >= 11 is 1.25. The van der Waals surface area contributed by atoms with E-state index in [1.165, 1.54) is 18.3 Å². The van der Waals surface area contributed by atoms with Gasteiger partial charge in [0.2, 0.25) is 0 Å². The molecule has 2 unspecified atom stereocenters. The Morgan fingerprint density at radius 2 is 2.39 bits per heavy atom. The zero-order valence-corrected chi connectivity index (χ0v) is 10.5. The van der Waals surface area contributed by atoms with E-state index in [2.05, 4.69) is 10.3 Å². The Hall–Kier alpha value is -1.67. The van der Waals surface area contributed by atoms with E-state index >= 15 is 0 Å². The summed E-state index contributed by atoms with van der Waals surface area (Å²) in [4.78, 5) is 28.1. The SMILES string of the molecule is CC1(C(=O)Nc2nccs2)CC(O)CN1C(=O)O. The fourth-order valence-corrected chi connectivity index (χ4v) is 2.59. The second-order valence-electron chi connectivity index (χ2n) is 4.32. The topological polar surface area (TPSA) is 103 Å². The maximum atomic E-state index is 12.1. The molecule has 2 amide bonds. The number of β-amino-alcohol motifs (C(OH)–C–C–N with tert-alkyl or cyclic N) is 1. The van der Waals surface area contributed by atoms with Crippen LogP contribution in [0.25, 0.3) is 0 Å². The number of carbonyl (C=O) groups is 2. The predicted octanol–water partition coefficient (Wildman–Crippen LogP) is 0.585. The van der Waals surface area contributed by atoms with Gasteiger partial charge in [0.25, 0.3) is 5.91 Å². The van der Waals surface area contributed by atoms with Gasteiger partial charge in [-0.2, -0.15) is 0 Å². The van der Waals surface area contributed by atoms with Crippen molar-refractivity contribution in [3.05, 3.63) is 11.6 Å². The minimum absolute atomic E-state index is 0.0584. The van der Waals surface area contributed by atoms with Crippen LogP contribution in [0.4, 0.5) is 9.93 Å². The van der Waals surface area contributed by atoms with E-state index in [1.54, 1.807) is 11.6 Å². The zero-order chi connectivity index (χ0) is 13.3. The highest BCUT2D eigenvalue weighted by Gasteiger charge is 2.49. The normalized spacial score (nSPS) is 27.2. The van der Waals surface area contributed by atoms with Crippen LogP contribution in [0.2, 0.25) is 0 Å². The molecule has 1 fully saturated rings. The molecule has 98 valence electrons. The van der Waals surface area contributed by atoms with Crippen molar-refractivity contribution < 1.29 is 19.8 Å². The Morgan fingerprint density at radius 1 is 1.67 bits per heavy atom. The standard InChI is InChI=1S/C10H13N3O4S/c1-10(4-6(14)5-13(10)9(16)17)7(15)12-8-11-2-3-18-8/h2-3,6,14H,4-5H2,1H3,(H,16,17)(H,11,12,15). The van der Waals surface area contributed by atoms with Crippen LogP contribution in [0.1, 0.15) is 13.3 Å². The van der Waals surface area contributed by atoms with Crippen molar-refractivity contribution in [3.8, 4) is 0 Å². The smallest absolute Gasteiger partial charge is 0.408 e. The first-order valence-corrected chi connectivity index (χ1v) is 6.21. The van der Waals surface area contributed by atoms with E-state index in [4.69, 9.17) is 5.11 Å². The molecule has 0 aromatic carbocycles. The van der Waals surface area contributed by atoms with Crippen LogP contribution in [0, 0.1) is 0 Å². The van der Waals surface area contributed by atoms with Gasteiger partial charge in [-0.05, 0) is 6.92 Å². The molecular formula is C10H13N3O4S. The molecule has 1 aromatic heterocycles. The van der Waals surface area contributed by atoms with Crippen molar-refractivity contribution in [3.63, 3.8) is 0 Å². The zero-order valence-electron chi connectivity index (χ0n) is 9.66. The number of amides is 2. The first kappa shape index (κ1) is 12.8. The van der Waals surface area contributed by atoms with Crippen LogP contribution in [-0.2, 0) is 4.79 Å². The predicted molar refractivity (Wildman–Crippen MR) is 64.5 cm³/mol. The lowest BCUT2D eigenvalue weighted by Crippen LogP contribution is -2.52. The van der Waals surface area contributed by atoms with Crippen molar-refractivity contribution in [2.24, 2.45) is 0 Å². The van der Waals surface area contributed by atoms with Crippen LogP contribution in [-0.4, -0.2) is 50.3 Å². The number of thiazole rings is 1. The number of carbonyl (C=O) groups excluding carboxylic acids is 1. The highest BCUT2D eigenvalue weighted by Crippen LogP contribution is 2.30. The van der Waals surface area contributed by atoms with E-state index in [1.807, 2.05) is 0 Å². The van der Waals surface area contributed by atoms with E-state index in [-0.39, 0.29) is 13.0 Å². The lowest BCUT2D eigenvalue weighted by Gasteiger charge is -2.30. The maximum absolute atomic E-state index is 12.1. The van der Waals surface area contributed by atoms with Crippen molar-refractivity contribution in [1.29, 1.82) is 0 Å². The number of aromatic nitrogens is 1. The molecule has 1 aromatic rings. The molecule has 3 N–H and O–H groups in total. The third-order valence-electron chi connectivity index (χ3n) is 3.00. The van der Waals surface area contributed by atoms with Gasteiger partial charge in [0.05, 0.1) is 12.6 Å². The average Bonchev–Trinajstić information content (AvgIpc) is 2.87. The summed E-state index contributed by atoms with van der Waals surface area (Å²) in [6.07, 6.45) is -0.422. The van der Waals surface area contributed by atoms with Crippen molar-refractivity contribution >= 4 is 28.5 Å². The van der Waals surface area contributed by atoms with E-state index in [0.29, 0.717) is 5.13 Å². The third-order valence-corrected chi connectivity index (χ3v) is 3.68. The number of carboxylic acid groups (broad SMARTS) is 1. The number of anilines is 1. The van der Waals surface area contributed by atoms with Crippen LogP contribution in [0.5, 0.6) is 0 Å². The summed E-state index contributed by atoms with van der Waals surface area (Å²) in [6.45, 7) is 1.44. The monoisotopic (exact) mass is 271 g/mol. The summed E-state index contributed by atoms with van der Waals surface area (Å²) in [5, 5.41) is 23.3. The quantitative estimate of drug-likeness (QED) is 0.730. The Kier molecular flexibility index (Phi) is 3.22. The summed E-state index contributed by atoms with van der Waals surface area (Å²) in [5.41, 5.74) is -1.27. The minimum Gasteiger partial charge on any atom is -0.465 e. The summed E-state index contributed by atoms with van der Waals surface area (Å²) in [6, 6.07) is 0. The van der Waals surface area contributed by atoms with Crippen LogP contribution in [0.3, 0.4) is 0 Å². The van der Waals surface area contributed by atoms with Gasteiger partial charge in [-0.1, -0.05) is 0 Å². The molecule has 2 heterocycles. The number of hydrogen-bond acceptors (Lipinski definition) is 5. The molecule has 0 bridgehead atoms. The molecule has 0 radical (unpaired) electrons. The van der Waals surface area contributed by atoms with Gasteiger partial charge >= 0.3 is 6.09 Å². The summed E-state index contributed by atoms with van der Waals surface area (Å²) < 4.78 is 0. The first-order chi connectivity index (χ1) is 8.43. The molecule has 7 nitrogen and oxygen atoms in total. The molecule has 8 heteroatoms. The second kappa shape index (κ2) is 4.54. The molecular weight excluding hydrogens is 258 g/mol. The number of aliphatic hydroxyl groups excluding tert-OH is 1. The van der Waals surface area contributed by atoms with Crippen molar-refractivity contribution in [2.75, 3.05) is 11.9 Å². The Labute approximate surface area is 107 Å². The molecule has 1 saturated heterocycles. The van der Waals surface area contributed by atoms with Gasteiger partial charge < -0.3 is 10.2 Å². The molecule has 2 rings (SSSR count). The minimum atomic E-state index is -1.27. The molecule has 1 aliphatic rings. The molecule has 2 atom stereocenters. The van der Waals surface area contributed by atoms with Gasteiger partial charge in [0, 0.05) is 18.0 Å². The summed E-state index contributed by atoms with van der Waals surface area (Å²) in [7, 11) is 0. The van der Waals surface area contributed by atoms with Gasteiger partial charge in [0.1, 0.15) is 5.54 Å². The Morgan fingerprint density at radius 3 is 2.94 bits per heavy atom. The number of nitrogens with one attached hydrogen (secondary N) is 1. The van der Waals surface area contributed by atoms with Crippen molar-refractivity contribution in [1.82, 2.24) is 9.88 Å². The fourth-order valence-electron chi connectivity index (χ4n) is 2.07. The first-order valence-electron chi connectivity index (χ1n) is 5.33. The summed E-state index contributed by atoms with van der Waals surface area (Å²) in [5.74, 6) is -0.476. The molecule has 18 heavy (non-hydrogen) atoms. The molecule has 0 saturated carbocycles. The molecule has 1 aliphatic heterocycles. The van der Waals surface area contributed by atoms with E-state index in [9.17, 15) is 14.7 Å². The number of likely N-dealkylation sites (tertiary alicyclic amines) is 1. The van der Waals surface area contributed by atoms with Crippen LogP contribution >= 0.6 is 11.3 Å². The number of rotatable bonds is 2. The Balaban J connectivity index is 2.18. The second-order valence-corrected chi connectivity index (χ2v) is 5.21. The van der Waals surface area contributed by atoms with Gasteiger partial charge in [-0.3, -0.25) is 15.0 Å². The van der Waals surface area contributed by atoms with Gasteiger partial charge in [-0.15, -0.1) is 11.3 Å². The van der Waals surface area contributed by atoms with Gasteiger partial charge in [0.15, 0.2) is 5.13 Å². The lowest BCUT2D eigenvalue weighted by molar-refractivity contribution is -0.124. The highest BCUT2D eigenvalue weighted by molar-refractivity contribution is 7.13. The van der Waals surface area contributed by atoms with Crippen molar-refractivity contribution in [2.45, 2.75) is 25.0 Å². The third kappa shape index (κ3) is 2.16. The Bertz CT molecular complexity index is 464. The maximum Gasteiger partial charge on any atom is 0.408 e. The van der Waals surface area contributed by atoms with Gasteiger partial charge in [-0.25, -0.2) is 9.78 Å².